The molecule has 4 heterocycles. The van der Waals surface area contributed by atoms with Crippen LogP contribution in [0.25, 0.3) is 11.0 Å². The van der Waals surface area contributed by atoms with E-state index in [2.05, 4.69) is 33.6 Å². The van der Waals surface area contributed by atoms with Crippen molar-refractivity contribution in [3.05, 3.63) is 35.5 Å². The van der Waals surface area contributed by atoms with Gasteiger partial charge in [0, 0.05) is 31.9 Å². The van der Waals surface area contributed by atoms with E-state index >= 15 is 0 Å². The van der Waals surface area contributed by atoms with Gasteiger partial charge in [0.15, 0.2) is 11.5 Å². The number of carbonyl (C=O) groups excluding carboxylic acids is 1. The smallest absolute Gasteiger partial charge is 0.257 e. The van der Waals surface area contributed by atoms with E-state index in [4.69, 9.17) is 14.2 Å². The summed E-state index contributed by atoms with van der Waals surface area (Å²) in [6.45, 7) is 5.75. The molecule has 1 fully saturated rings. The second-order valence-corrected chi connectivity index (χ2v) is 8.07. The van der Waals surface area contributed by atoms with Crippen molar-refractivity contribution in [1.29, 1.82) is 5.26 Å². The Morgan fingerprint density at radius 2 is 1.97 bits per heavy atom. The number of anilines is 3. The number of amides is 1. The molecule has 0 saturated carbocycles. The number of aromatic amines is 1. The first-order chi connectivity index (χ1) is 16.7. The number of H-pyrrole nitrogens is 1. The summed E-state index contributed by atoms with van der Waals surface area (Å²) in [5.41, 5.74) is 3.07. The van der Waals surface area contributed by atoms with Crippen molar-refractivity contribution in [1.82, 2.24) is 14.9 Å². The second-order valence-electron chi connectivity index (χ2n) is 8.07. The number of nitrogens with one attached hydrogen (secondary N) is 3. The number of pyridine rings is 1. The molecule has 3 N–H and O–H groups in total. The summed E-state index contributed by atoms with van der Waals surface area (Å²) in [4.78, 5) is 22.6. The fourth-order valence-corrected chi connectivity index (χ4v) is 4.16. The molecule has 34 heavy (non-hydrogen) atoms. The number of carbonyl (C=O) groups is 1. The minimum Gasteiger partial charge on any atom is -0.485 e. The lowest BCUT2D eigenvalue weighted by Crippen LogP contribution is -2.41. The molecule has 176 valence electrons. The predicted molar refractivity (Wildman–Crippen MR) is 127 cm³/mol. The highest BCUT2D eigenvalue weighted by Crippen LogP contribution is 2.42. The van der Waals surface area contributed by atoms with Crippen molar-refractivity contribution in [2.24, 2.45) is 0 Å². The third kappa shape index (κ3) is 4.06. The molecule has 10 nitrogen and oxygen atoms in total. The van der Waals surface area contributed by atoms with Gasteiger partial charge in [0.25, 0.3) is 5.91 Å². The molecule has 0 atom stereocenters. The largest absolute Gasteiger partial charge is 0.485 e. The van der Waals surface area contributed by atoms with Gasteiger partial charge in [-0.3, -0.25) is 4.79 Å². The van der Waals surface area contributed by atoms with Crippen molar-refractivity contribution in [2.45, 2.75) is 13.3 Å². The summed E-state index contributed by atoms with van der Waals surface area (Å²) in [5.74, 6) is 1.39. The van der Waals surface area contributed by atoms with Crippen LogP contribution < -0.4 is 20.1 Å². The molecule has 2 aromatic heterocycles. The highest BCUT2D eigenvalue weighted by molar-refractivity contribution is 6.00. The molecule has 1 aromatic carbocycles. The number of hydrogen-bond acceptors (Lipinski definition) is 8. The fraction of sp³-hybridized carbons (Fsp3) is 0.375. The molecule has 1 amide bonds. The molecule has 0 bridgehead atoms. The number of benzene rings is 1. The molecule has 2 aliphatic rings. The van der Waals surface area contributed by atoms with E-state index < -0.39 is 0 Å². The zero-order chi connectivity index (χ0) is 23.5. The molecule has 10 heteroatoms. The Morgan fingerprint density at radius 3 is 2.74 bits per heavy atom. The van der Waals surface area contributed by atoms with E-state index in [1.54, 1.807) is 17.2 Å². The summed E-state index contributed by atoms with van der Waals surface area (Å²) < 4.78 is 17.2. The van der Waals surface area contributed by atoms with Crippen LogP contribution in [0.5, 0.6) is 11.5 Å². The number of rotatable bonds is 6. The van der Waals surface area contributed by atoms with Gasteiger partial charge < -0.3 is 34.7 Å². The van der Waals surface area contributed by atoms with Crippen molar-refractivity contribution in [3.63, 3.8) is 0 Å². The maximum atomic E-state index is 13.1. The SMILES string of the molecule is CCCNc1cc(Nc2ccc(C(=O)N3CCOCC3)c3c2OCCO3)nc2[nH]cc(C#N)c12. The molecule has 1 saturated heterocycles. The van der Waals surface area contributed by atoms with E-state index in [9.17, 15) is 10.1 Å². The van der Waals surface area contributed by atoms with Crippen LogP contribution >= 0.6 is 0 Å². The quantitative estimate of drug-likeness (QED) is 0.510. The van der Waals surface area contributed by atoms with Gasteiger partial charge >= 0.3 is 0 Å². The first-order valence-corrected chi connectivity index (χ1v) is 11.4. The molecule has 5 rings (SSSR count). The minimum atomic E-state index is -0.0994. The summed E-state index contributed by atoms with van der Waals surface area (Å²) in [5, 5.41) is 16.9. The lowest BCUT2D eigenvalue weighted by atomic mass is 10.1. The average molecular weight is 463 g/mol. The number of hydrogen-bond donors (Lipinski definition) is 3. The highest BCUT2D eigenvalue weighted by Gasteiger charge is 2.28. The van der Waals surface area contributed by atoms with Crippen LogP contribution in [-0.2, 0) is 4.74 Å². The monoisotopic (exact) mass is 462 g/mol. The van der Waals surface area contributed by atoms with E-state index in [-0.39, 0.29) is 5.91 Å². The number of nitrogens with zero attached hydrogens (tertiary/aromatic N) is 3. The van der Waals surface area contributed by atoms with E-state index in [1.165, 1.54) is 0 Å². The Hall–Kier alpha value is -3.97. The van der Waals surface area contributed by atoms with Crippen molar-refractivity contribution >= 4 is 34.1 Å². The maximum Gasteiger partial charge on any atom is 0.257 e. The van der Waals surface area contributed by atoms with Crippen LogP contribution in [0.3, 0.4) is 0 Å². The summed E-state index contributed by atoms with van der Waals surface area (Å²) in [6, 6.07) is 7.64. The Bertz CT molecular complexity index is 1260. The van der Waals surface area contributed by atoms with E-state index in [0.29, 0.717) is 79.3 Å². The second kappa shape index (κ2) is 9.49. The van der Waals surface area contributed by atoms with E-state index in [0.717, 1.165) is 24.0 Å². The van der Waals surface area contributed by atoms with Gasteiger partial charge in [-0.25, -0.2) is 4.98 Å². The van der Waals surface area contributed by atoms with Crippen LogP contribution in [0.1, 0.15) is 29.3 Å². The molecule has 0 unspecified atom stereocenters. The first-order valence-electron chi connectivity index (χ1n) is 11.4. The first kappa shape index (κ1) is 21.9. The summed E-state index contributed by atoms with van der Waals surface area (Å²) in [7, 11) is 0. The fourth-order valence-electron chi connectivity index (χ4n) is 4.16. The number of ether oxygens (including phenoxy) is 3. The maximum absolute atomic E-state index is 13.1. The molecule has 0 spiro atoms. The zero-order valence-electron chi connectivity index (χ0n) is 18.9. The molecule has 3 aromatic rings. The molecular formula is C24H26N6O4. The highest BCUT2D eigenvalue weighted by atomic mass is 16.6. The van der Waals surface area contributed by atoms with Gasteiger partial charge in [0.1, 0.15) is 30.7 Å². The molecular weight excluding hydrogens is 436 g/mol. The standard InChI is InChI=1S/C24H26N6O4/c1-2-5-26-18-12-19(29-23-20(18)15(13-25)14-27-23)28-17-4-3-16(21-22(17)34-11-10-33-21)24(31)30-6-8-32-9-7-30/h3-4,12,14H,2,5-11H2,1H3,(H3,26,27,28,29). The Kier molecular flexibility index (Phi) is 6.10. The third-order valence-corrected chi connectivity index (χ3v) is 5.81. The lowest BCUT2D eigenvalue weighted by molar-refractivity contribution is 0.0298. The van der Waals surface area contributed by atoms with Crippen LogP contribution in [0, 0.1) is 11.3 Å². The Morgan fingerprint density at radius 1 is 1.18 bits per heavy atom. The summed E-state index contributed by atoms with van der Waals surface area (Å²) in [6.07, 6.45) is 2.60. The topological polar surface area (TPSA) is 125 Å². The zero-order valence-corrected chi connectivity index (χ0v) is 18.9. The van der Waals surface area contributed by atoms with Crippen molar-refractivity contribution in [3.8, 4) is 17.6 Å². The van der Waals surface area contributed by atoms with Crippen molar-refractivity contribution in [2.75, 3.05) is 56.7 Å². The van der Waals surface area contributed by atoms with Crippen molar-refractivity contribution < 1.29 is 19.0 Å². The Balaban J connectivity index is 1.50. The lowest BCUT2D eigenvalue weighted by Gasteiger charge is -2.29. The average Bonchev–Trinajstić information content (AvgIpc) is 3.31. The number of fused-ring (bicyclic) bond motifs is 2. The molecule has 0 radical (unpaired) electrons. The molecule has 2 aliphatic heterocycles. The Labute approximate surface area is 196 Å². The van der Waals surface area contributed by atoms with Gasteiger partial charge in [0.2, 0.25) is 0 Å². The van der Waals surface area contributed by atoms with Gasteiger partial charge in [-0.2, -0.15) is 5.26 Å². The number of aromatic nitrogens is 2. The van der Waals surface area contributed by atoms with Crippen LogP contribution in [0.2, 0.25) is 0 Å². The minimum absolute atomic E-state index is 0.0994. The predicted octanol–water partition coefficient (Wildman–Crippen LogP) is 3.24. The number of morpholine rings is 1. The van der Waals surface area contributed by atoms with Crippen LogP contribution in [0.15, 0.2) is 24.4 Å². The van der Waals surface area contributed by atoms with Gasteiger partial charge in [-0.1, -0.05) is 6.92 Å². The van der Waals surface area contributed by atoms with Crippen LogP contribution in [0.4, 0.5) is 17.2 Å². The third-order valence-electron chi connectivity index (χ3n) is 5.81. The van der Waals surface area contributed by atoms with Gasteiger partial charge in [0.05, 0.1) is 41.1 Å². The van der Waals surface area contributed by atoms with Gasteiger partial charge in [-0.15, -0.1) is 0 Å². The normalized spacial score (nSPS) is 15.1. The molecule has 0 aliphatic carbocycles. The number of nitriles is 1. The van der Waals surface area contributed by atoms with E-state index in [1.807, 2.05) is 12.1 Å². The summed E-state index contributed by atoms with van der Waals surface area (Å²) >= 11 is 0. The van der Waals surface area contributed by atoms with Gasteiger partial charge in [-0.05, 0) is 18.6 Å². The van der Waals surface area contributed by atoms with Crippen LogP contribution in [-0.4, -0.2) is 66.8 Å².